The average molecular weight is 404 g/mol. The highest BCUT2D eigenvalue weighted by Gasteiger charge is 2.75. The van der Waals surface area contributed by atoms with Crippen molar-refractivity contribution < 1.29 is 54.0 Å². The van der Waals surface area contributed by atoms with Crippen molar-refractivity contribution in [3.05, 3.63) is 11.8 Å². The highest BCUT2D eigenvalue weighted by molar-refractivity contribution is 5.89. The summed E-state index contributed by atoms with van der Waals surface area (Å²) in [5, 5.41) is 49.9. The van der Waals surface area contributed by atoms with Crippen LogP contribution in [0.4, 0.5) is 0 Å². The summed E-state index contributed by atoms with van der Waals surface area (Å²) in [6.07, 6.45) is -8.75. The first-order valence-corrected chi connectivity index (χ1v) is 9.00. The van der Waals surface area contributed by atoms with Crippen LogP contribution in [0.2, 0.25) is 0 Å². The number of rotatable bonds is 4. The molecule has 11 heteroatoms. The van der Waals surface area contributed by atoms with Gasteiger partial charge < -0.3 is 49.2 Å². The van der Waals surface area contributed by atoms with Crippen molar-refractivity contribution in [2.45, 2.75) is 61.7 Å². The second-order valence-electron chi connectivity index (χ2n) is 7.67. The molecule has 3 fully saturated rings. The largest absolute Gasteiger partial charge is 0.471 e. The van der Waals surface area contributed by atoms with Crippen LogP contribution in [-0.4, -0.2) is 100 Å². The molecule has 0 aromatic rings. The van der Waals surface area contributed by atoms with E-state index in [2.05, 4.69) is 0 Å². The van der Waals surface area contributed by atoms with Gasteiger partial charge in [0, 0.05) is 5.92 Å². The molecule has 0 aromatic heterocycles. The highest BCUT2D eigenvalue weighted by atomic mass is 16.8. The summed E-state index contributed by atoms with van der Waals surface area (Å²) in [4.78, 5) is 12.1. The Morgan fingerprint density at radius 2 is 1.86 bits per heavy atom. The Balaban J connectivity index is 1.58. The first-order chi connectivity index (χ1) is 13.2. The van der Waals surface area contributed by atoms with Crippen LogP contribution >= 0.6 is 0 Å². The van der Waals surface area contributed by atoms with Crippen LogP contribution in [0.3, 0.4) is 0 Å². The Kier molecular flexibility index (Phi) is 4.91. The standard InChI is InChI=1S/C17H24O11/c1-17-8-7(10(20)13(17)28-17)5(14(23)24-2)4-25-15(8)27-16-12(22)11(21)9(19)6(3-18)26-16/h4,6-13,15-16,18-22H,3H2,1-2H3/t6-,7-,8-,9-,10+,11+,12-,13+,15+,16+,17-/m0/s1. The third-order valence-electron chi connectivity index (χ3n) is 6.13. The maximum Gasteiger partial charge on any atom is 0.337 e. The average Bonchev–Trinajstić information content (AvgIpc) is 3.33. The second-order valence-corrected chi connectivity index (χ2v) is 7.67. The number of epoxide rings is 1. The van der Waals surface area contributed by atoms with Gasteiger partial charge in [0.2, 0.25) is 6.29 Å². The van der Waals surface area contributed by atoms with Crippen LogP contribution < -0.4 is 0 Å². The third kappa shape index (κ3) is 2.77. The van der Waals surface area contributed by atoms with Crippen LogP contribution in [0.5, 0.6) is 0 Å². The molecule has 158 valence electrons. The molecular weight excluding hydrogens is 380 g/mol. The lowest BCUT2D eigenvalue weighted by Gasteiger charge is -2.43. The molecule has 3 aliphatic heterocycles. The Labute approximate surface area is 160 Å². The molecule has 3 heterocycles. The first kappa shape index (κ1) is 20.0. The van der Waals surface area contributed by atoms with Crippen molar-refractivity contribution in [2.24, 2.45) is 11.8 Å². The van der Waals surface area contributed by atoms with Gasteiger partial charge in [0.05, 0.1) is 37.6 Å². The van der Waals surface area contributed by atoms with Gasteiger partial charge in [-0.1, -0.05) is 0 Å². The number of ether oxygens (including phenoxy) is 5. The molecule has 11 nitrogen and oxygen atoms in total. The van der Waals surface area contributed by atoms with E-state index in [0.717, 1.165) is 6.26 Å². The number of esters is 1. The van der Waals surface area contributed by atoms with E-state index in [9.17, 15) is 30.3 Å². The summed E-state index contributed by atoms with van der Waals surface area (Å²) in [6.45, 7) is 1.15. The molecule has 2 saturated heterocycles. The van der Waals surface area contributed by atoms with Crippen LogP contribution in [0.1, 0.15) is 6.92 Å². The Morgan fingerprint density at radius 1 is 1.14 bits per heavy atom. The van der Waals surface area contributed by atoms with Crippen molar-refractivity contribution >= 4 is 5.97 Å². The van der Waals surface area contributed by atoms with Crippen molar-refractivity contribution in [2.75, 3.05) is 13.7 Å². The fourth-order valence-corrected chi connectivity index (χ4v) is 4.53. The number of carbonyl (C=O) groups is 1. The lowest BCUT2D eigenvalue weighted by molar-refractivity contribution is -0.344. The highest BCUT2D eigenvalue weighted by Crippen LogP contribution is 2.61. The third-order valence-corrected chi connectivity index (χ3v) is 6.13. The number of carbonyl (C=O) groups excluding carboxylic acids is 1. The van der Waals surface area contributed by atoms with E-state index in [0.29, 0.717) is 0 Å². The monoisotopic (exact) mass is 404 g/mol. The molecule has 0 unspecified atom stereocenters. The molecule has 0 amide bonds. The first-order valence-electron chi connectivity index (χ1n) is 9.00. The minimum absolute atomic E-state index is 0.144. The number of hydrogen-bond donors (Lipinski definition) is 5. The zero-order valence-electron chi connectivity index (χ0n) is 15.2. The quantitative estimate of drug-likeness (QED) is 0.239. The van der Waals surface area contributed by atoms with E-state index < -0.39 is 79.2 Å². The summed E-state index contributed by atoms with van der Waals surface area (Å²) in [5.41, 5.74) is -0.679. The van der Waals surface area contributed by atoms with Crippen molar-refractivity contribution in [3.8, 4) is 0 Å². The lowest BCUT2D eigenvalue weighted by atomic mass is 9.81. The molecular formula is C17H24O11. The van der Waals surface area contributed by atoms with Crippen LogP contribution in [0.15, 0.2) is 11.8 Å². The molecule has 0 aromatic carbocycles. The van der Waals surface area contributed by atoms with Crippen LogP contribution in [0, 0.1) is 11.8 Å². The van der Waals surface area contributed by atoms with Crippen LogP contribution in [-0.2, 0) is 28.5 Å². The van der Waals surface area contributed by atoms with Gasteiger partial charge in [0.25, 0.3) is 0 Å². The number of aliphatic hydroxyl groups is 5. The summed E-state index contributed by atoms with van der Waals surface area (Å²) in [5.74, 6) is -1.95. The Bertz CT molecular complexity index is 665. The number of fused-ring (bicyclic) bond motifs is 3. The lowest BCUT2D eigenvalue weighted by Crippen LogP contribution is -2.60. The zero-order valence-corrected chi connectivity index (χ0v) is 15.2. The van der Waals surface area contributed by atoms with Gasteiger partial charge in [-0.2, -0.15) is 0 Å². The van der Waals surface area contributed by atoms with Crippen molar-refractivity contribution in [1.82, 2.24) is 0 Å². The Hall–Kier alpha value is -1.31. The van der Waals surface area contributed by atoms with Crippen molar-refractivity contribution in [3.63, 3.8) is 0 Å². The minimum Gasteiger partial charge on any atom is -0.471 e. The minimum atomic E-state index is -1.61. The summed E-state index contributed by atoms with van der Waals surface area (Å²) >= 11 is 0. The van der Waals surface area contributed by atoms with Crippen molar-refractivity contribution in [1.29, 1.82) is 0 Å². The smallest absolute Gasteiger partial charge is 0.337 e. The Morgan fingerprint density at radius 3 is 2.50 bits per heavy atom. The molecule has 4 aliphatic rings. The van der Waals surface area contributed by atoms with E-state index in [1.165, 1.54) is 7.11 Å². The van der Waals surface area contributed by atoms with Gasteiger partial charge in [-0.25, -0.2) is 4.79 Å². The molecule has 0 bridgehead atoms. The predicted octanol–water partition coefficient (Wildman–Crippen LogP) is -3.02. The maximum absolute atomic E-state index is 12.1. The summed E-state index contributed by atoms with van der Waals surface area (Å²) in [7, 11) is 1.22. The SMILES string of the molecule is COC(=O)C1=CO[C@H](O[C@H]2O[C@@H](CO)[C@H](O)[C@@H](O)[C@@H]2O)[C@@H]2[C@H]1[C@@H](O)[C@H]1O[C@@]21C. The fourth-order valence-electron chi connectivity index (χ4n) is 4.53. The topological polar surface area (TPSA) is 168 Å². The molecule has 11 atom stereocenters. The van der Waals surface area contributed by atoms with E-state index >= 15 is 0 Å². The number of hydrogen-bond acceptors (Lipinski definition) is 11. The normalized spacial score (nSPS) is 52.2. The van der Waals surface area contributed by atoms with Gasteiger partial charge >= 0.3 is 5.97 Å². The number of aliphatic hydroxyl groups excluding tert-OH is 5. The number of methoxy groups -OCH3 is 1. The van der Waals surface area contributed by atoms with Crippen LogP contribution in [0.25, 0.3) is 0 Å². The maximum atomic E-state index is 12.1. The molecule has 0 spiro atoms. The second kappa shape index (κ2) is 6.89. The van der Waals surface area contributed by atoms with Gasteiger partial charge in [0.1, 0.15) is 36.1 Å². The molecule has 5 N–H and O–H groups in total. The molecule has 1 aliphatic carbocycles. The van der Waals surface area contributed by atoms with Gasteiger partial charge in [-0.3, -0.25) is 0 Å². The van der Waals surface area contributed by atoms with Gasteiger partial charge in [0.15, 0.2) is 6.29 Å². The van der Waals surface area contributed by atoms with E-state index in [4.69, 9.17) is 23.7 Å². The fraction of sp³-hybridized carbons (Fsp3) is 0.824. The van der Waals surface area contributed by atoms with Gasteiger partial charge in [-0.15, -0.1) is 0 Å². The predicted molar refractivity (Wildman–Crippen MR) is 86.1 cm³/mol. The zero-order chi connectivity index (χ0) is 20.4. The molecule has 4 rings (SSSR count). The van der Waals surface area contributed by atoms with E-state index in [-0.39, 0.29) is 5.57 Å². The van der Waals surface area contributed by atoms with E-state index in [1.54, 1.807) is 6.92 Å². The molecule has 28 heavy (non-hydrogen) atoms. The van der Waals surface area contributed by atoms with E-state index in [1.807, 2.05) is 0 Å². The summed E-state index contributed by atoms with van der Waals surface area (Å²) in [6, 6.07) is 0. The molecule has 0 radical (unpaired) electrons. The summed E-state index contributed by atoms with van der Waals surface area (Å²) < 4.78 is 27.0. The molecule has 1 saturated carbocycles. The van der Waals surface area contributed by atoms with Gasteiger partial charge in [-0.05, 0) is 6.92 Å².